The summed E-state index contributed by atoms with van der Waals surface area (Å²) in [6.07, 6.45) is 1.56. The monoisotopic (exact) mass is 302 g/mol. The second-order valence-corrected chi connectivity index (χ2v) is 4.74. The fourth-order valence-corrected chi connectivity index (χ4v) is 2.11. The quantitative estimate of drug-likeness (QED) is 0.910. The zero-order valence-electron chi connectivity index (χ0n) is 10.8. The van der Waals surface area contributed by atoms with Crippen LogP contribution >= 0.6 is 15.9 Å². The van der Waals surface area contributed by atoms with Crippen LogP contribution in [0.3, 0.4) is 0 Å². The van der Waals surface area contributed by atoms with Crippen molar-refractivity contribution in [2.75, 3.05) is 6.61 Å². The molecule has 5 heteroatoms. The Morgan fingerprint density at radius 2 is 1.94 bits per heavy atom. The average Bonchev–Trinajstić information content (AvgIpc) is 2.32. The Morgan fingerprint density at radius 3 is 2.35 bits per heavy atom. The predicted octanol–water partition coefficient (Wildman–Crippen LogP) is 2.89. The highest BCUT2D eigenvalue weighted by Crippen LogP contribution is 2.30. The Hall–Kier alpha value is -0.680. The highest BCUT2D eigenvalue weighted by atomic mass is 79.9. The van der Waals surface area contributed by atoms with Crippen molar-refractivity contribution in [3.63, 3.8) is 0 Å². The SMILES string of the molecule is CCOC(CC)(CC)c1nc(C)c(Br)c(=O)[nH]1. The van der Waals surface area contributed by atoms with Gasteiger partial charge in [0.05, 0.1) is 5.69 Å². The first-order valence-corrected chi connectivity index (χ1v) is 6.70. The van der Waals surface area contributed by atoms with E-state index in [9.17, 15) is 4.79 Å². The van der Waals surface area contributed by atoms with Gasteiger partial charge in [-0.05, 0) is 42.6 Å². The molecule has 0 aliphatic heterocycles. The van der Waals surface area contributed by atoms with Crippen LogP contribution in [0, 0.1) is 6.92 Å². The van der Waals surface area contributed by atoms with Crippen molar-refractivity contribution in [2.24, 2.45) is 0 Å². The molecule has 17 heavy (non-hydrogen) atoms. The Bertz CT molecular complexity index is 439. The van der Waals surface area contributed by atoms with E-state index < -0.39 is 5.60 Å². The summed E-state index contributed by atoms with van der Waals surface area (Å²) in [5.74, 6) is 0.620. The summed E-state index contributed by atoms with van der Waals surface area (Å²) in [7, 11) is 0. The standard InChI is InChI=1S/C12H19BrN2O2/c1-5-12(6-2,17-7-3)11-14-8(4)9(13)10(16)15-11/h5-7H2,1-4H3,(H,14,15,16). The molecule has 0 radical (unpaired) electrons. The van der Waals surface area contributed by atoms with Crippen molar-refractivity contribution < 1.29 is 4.74 Å². The van der Waals surface area contributed by atoms with Crippen molar-refractivity contribution in [3.8, 4) is 0 Å². The number of ether oxygens (including phenoxy) is 1. The third-order valence-electron chi connectivity index (χ3n) is 3.02. The first-order valence-electron chi connectivity index (χ1n) is 5.91. The molecule has 1 aromatic heterocycles. The van der Waals surface area contributed by atoms with Crippen LogP contribution in [0.1, 0.15) is 45.1 Å². The second kappa shape index (κ2) is 5.78. The number of halogens is 1. The molecule has 0 unspecified atom stereocenters. The topological polar surface area (TPSA) is 55.0 Å². The minimum absolute atomic E-state index is 0.154. The molecule has 96 valence electrons. The van der Waals surface area contributed by atoms with Crippen molar-refractivity contribution in [3.05, 3.63) is 26.3 Å². The lowest BCUT2D eigenvalue weighted by atomic mass is 9.96. The summed E-state index contributed by atoms with van der Waals surface area (Å²) in [6.45, 7) is 8.43. The number of hydrogen-bond acceptors (Lipinski definition) is 3. The molecule has 0 saturated heterocycles. The Kier molecular flexibility index (Phi) is 4.89. The van der Waals surface area contributed by atoms with Gasteiger partial charge in [-0.25, -0.2) is 4.98 Å². The second-order valence-electron chi connectivity index (χ2n) is 3.95. The largest absolute Gasteiger partial charge is 0.367 e. The van der Waals surface area contributed by atoms with Crippen molar-refractivity contribution in [1.29, 1.82) is 0 Å². The maximum Gasteiger partial charge on any atom is 0.265 e. The minimum Gasteiger partial charge on any atom is -0.367 e. The highest BCUT2D eigenvalue weighted by molar-refractivity contribution is 9.10. The van der Waals surface area contributed by atoms with Gasteiger partial charge in [0.15, 0.2) is 0 Å². The van der Waals surface area contributed by atoms with E-state index in [1.54, 1.807) is 0 Å². The summed E-state index contributed by atoms with van der Waals surface area (Å²) in [5.41, 5.74) is 0.0486. The predicted molar refractivity (Wildman–Crippen MR) is 71.2 cm³/mol. The molecule has 4 nitrogen and oxygen atoms in total. The molecule has 1 heterocycles. The zero-order chi connectivity index (χ0) is 13.1. The average molecular weight is 303 g/mol. The van der Waals surface area contributed by atoms with Crippen LogP contribution < -0.4 is 5.56 Å². The van der Waals surface area contributed by atoms with E-state index >= 15 is 0 Å². The number of nitrogens with one attached hydrogen (secondary N) is 1. The van der Waals surface area contributed by atoms with Crippen molar-refractivity contribution in [2.45, 2.75) is 46.1 Å². The fraction of sp³-hybridized carbons (Fsp3) is 0.667. The molecule has 0 aliphatic rings. The van der Waals surface area contributed by atoms with Gasteiger partial charge in [-0.1, -0.05) is 13.8 Å². The molecule has 0 fully saturated rings. The lowest BCUT2D eigenvalue weighted by Gasteiger charge is -2.30. The van der Waals surface area contributed by atoms with Crippen LogP contribution in [0.25, 0.3) is 0 Å². The molecule has 0 amide bonds. The third kappa shape index (κ3) is 2.77. The first-order chi connectivity index (χ1) is 8.00. The summed E-state index contributed by atoms with van der Waals surface area (Å²) < 4.78 is 6.30. The molecule has 0 aromatic carbocycles. The molecule has 1 rings (SSSR count). The highest BCUT2D eigenvalue weighted by Gasteiger charge is 2.32. The van der Waals surface area contributed by atoms with Gasteiger partial charge in [-0.3, -0.25) is 4.79 Å². The van der Waals surface area contributed by atoms with E-state index in [2.05, 4.69) is 25.9 Å². The molecular formula is C12H19BrN2O2. The normalized spacial score (nSPS) is 11.8. The van der Waals surface area contributed by atoms with Gasteiger partial charge in [0.1, 0.15) is 15.9 Å². The molecular weight excluding hydrogens is 284 g/mol. The number of rotatable bonds is 5. The number of aromatic nitrogens is 2. The fourth-order valence-electron chi connectivity index (χ4n) is 1.92. The van der Waals surface area contributed by atoms with Crippen LogP contribution in [0.2, 0.25) is 0 Å². The number of aryl methyl sites for hydroxylation is 1. The summed E-state index contributed by atoms with van der Waals surface area (Å²) in [6, 6.07) is 0. The van der Waals surface area contributed by atoms with Crippen molar-refractivity contribution >= 4 is 15.9 Å². The lowest BCUT2D eigenvalue weighted by molar-refractivity contribution is -0.0574. The smallest absolute Gasteiger partial charge is 0.265 e. The summed E-state index contributed by atoms with van der Waals surface area (Å²) in [5, 5.41) is 0. The van der Waals surface area contributed by atoms with Gasteiger partial charge in [0.25, 0.3) is 5.56 Å². The van der Waals surface area contributed by atoms with E-state index in [0.29, 0.717) is 22.6 Å². The van der Waals surface area contributed by atoms with Crippen LogP contribution in [-0.4, -0.2) is 16.6 Å². The molecule has 1 N–H and O–H groups in total. The number of hydrogen-bond donors (Lipinski definition) is 1. The van der Waals surface area contributed by atoms with Crippen LogP contribution in [0.5, 0.6) is 0 Å². The van der Waals surface area contributed by atoms with Gasteiger partial charge < -0.3 is 9.72 Å². The van der Waals surface area contributed by atoms with Crippen LogP contribution in [-0.2, 0) is 10.3 Å². The van der Waals surface area contributed by atoms with Gasteiger partial charge in [0.2, 0.25) is 0 Å². The van der Waals surface area contributed by atoms with E-state index in [1.165, 1.54) is 0 Å². The Labute approximate surface area is 110 Å². The number of aromatic amines is 1. The molecule has 0 saturated carbocycles. The van der Waals surface area contributed by atoms with E-state index in [4.69, 9.17) is 4.74 Å². The van der Waals surface area contributed by atoms with Crippen LogP contribution in [0.15, 0.2) is 9.27 Å². The third-order valence-corrected chi connectivity index (χ3v) is 3.96. The molecule has 0 bridgehead atoms. The zero-order valence-corrected chi connectivity index (χ0v) is 12.3. The van der Waals surface area contributed by atoms with Crippen molar-refractivity contribution in [1.82, 2.24) is 9.97 Å². The lowest BCUT2D eigenvalue weighted by Crippen LogP contribution is -2.33. The van der Waals surface area contributed by atoms with E-state index in [1.807, 2.05) is 27.7 Å². The molecule has 0 spiro atoms. The summed E-state index contributed by atoms with van der Waals surface area (Å²) in [4.78, 5) is 19.0. The van der Waals surface area contributed by atoms with Gasteiger partial charge >= 0.3 is 0 Å². The number of H-pyrrole nitrogens is 1. The van der Waals surface area contributed by atoms with Gasteiger partial charge in [-0.2, -0.15) is 0 Å². The molecule has 0 atom stereocenters. The Balaban J connectivity index is 3.33. The Morgan fingerprint density at radius 1 is 1.35 bits per heavy atom. The van der Waals surface area contributed by atoms with Gasteiger partial charge in [0, 0.05) is 6.61 Å². The first kappa shape index (κ1) is 14.4. The maximum atomic E-state index is 11.7. The minimum atomic E-state index is -0.487. The van der Waals surface area contributed by atoms with E-state index in [0.717, 1.165) is 12.8 Å². The maximum absolute atomic E-state index is 11.7. The molecule has 1 aromatic rings. The molecule has 0 aliphatic carbocycles. The van der Waals surface area contributed by atoms with E-state index in [-0.39, 0.29) is 5.56 Å². The van der Waals surface area contributed by atoms with Gasteiger partial charge in [-0.15, -0.1) is 0 Å². The van der Waals surface area contributed by atoms with Crippen LogP contribution in [0.4, 0.5) is 0 Å². The number of nitrogens with zero attached hydrogens (tertiary/aromatic N) is 1. The summed E-state index contributed by atoms with van der Waals surface area (Å²) >= 11 is 3.22.